The molecule has 0 radical (unpaired) electrons. The second-order valence-electron chi connectivity index (χ2n) is 4.79. The highest BCUT2D eigenvalue weighted by Crippen LogP contribution is 2.09. The first-order chi connectivity index (χ1) is 7.94. The summed E-state index contributed by atoms with van der Waals surface area (Å²) in [5.41, 5.74) is -0.0576. The zero-order chi connectivity index (χ0) is 12.9. The van der Waals surface area contributed by atoms with Crippen LogP contribution in [0.2, 0.25) is 0 Å². The summed E-state index contributed by atoms with van der Waals surface area (Å²) in [6, 6.07) is -0.122. The Bertz CT molecular complexity index is 292. The molecule has 1 saturated heterocycles. The Balaban J connectivity index is 2.30. The third-order valence-electron chi connectivity index (χ3n) is 2.69. The van der Waals surface area contributed by atoms with Gasteiger partial charge < -0.3 is 20.3 Å². The standard InChI is InChI=1S/C11H21N3O3/c1-11(2)8-14(7-6-13-11)10(16)12-5-4-9(15)17-3/h13H,4-8H2,1-3H3,(H,12,16). The van der Waals surface area contributed by atoms with E-state index in [4.69, 9.17) is 0 Å². The molecule has 6 nitrogen and oxygen atoms in total. The molecular weight excluding hydrogens is 222 g/mol. The summed E-state index contributed by atoms with van der Waals surface area (Å²) >= 11 is 0. The van der Waals surface area contributed by atoms with E-state index in [1.54, 1.807) is 4.90 Å². The summed E-state index contributed by atoms with van der Waals surface area (Å²) in [5, 5.41) is 6.04. The van der Waals surface area contributed by atoms with Gasteiger partial charge in [-0.25, -0.2) is 4.79 Å². The second kappa shape index (κ2) is 5.86. The van der Waals surface area contributed by atoms with E-state index in [2.05, 4.69) is 29.2 Å². The average Bonchev–Trinajstić information content (AvgIpc) is 2.27. The van der Waals surface area contributed by atoms with Gasteiger partial charge in [-0.05, 0) is 13.8 Å². The van der Waals surface area contributed by atoms with Gasteiger partial charge in [0.15, 0.2) is 0 Å². The van der Waals surface area contributed by atoms with E-state index in [9.17, 15) is 9.59 Å². The van der Waals surface area contributed by atoms with Crippen LogP contribution in [-0.2, 0) is 9.53 Å². The molecule has 1 aliphatic rings. The molecule has 0 bridgehead atoms. The number of amides is 2. The summed E-state index contributed by atoms with van der Waals surface area (Å²) in [7, 11) is 1.34. The van der Waals surface area contributed by atoms with E-state index in [0.717, 1.165) is 6.54 Å². The number of nitrogens with zero attached hydrogens (tertiary/aromatic N) is 1. The van der Waals surface area contributed by atoms with Crippen molar-refractivity contribution >= 4 is 12.0 Å². The van der Waals surface area contributed by atoms with Crippen LogP contribution in [0.3, 0.4) is 0 Å². The smallest absolute Gasteiger partial charge is 0.317 e. The number of methoxy groups -OCH3 is 1. The highest BCUT2D eigenvalue weighted by molar-refractivity contribution is 5.75. The Morgan fingerprint density at radius 1 is 1.47 bits per heavy atom. The Morgan fingerprint density at radius 3 is 2.76 bits per heavy atom. The van der Waals surface area contributed by atoms with Crippen molar-refractivity contribution in [2.45, 2.75) is 25.8 Å². The molecule has 1 aliphatic heterocycles. The maximum absolute atomic E-state index is 11.8. The van der Waals surface area contributed by atoms with Gasteiger partial charge >= 0.3 is 12.0 Å². The van der Waals surface area contributed by atoms with Crippen molar-refractivity contribution in [1.29, 1.82) is 0 Å². The van der Waals surface area contributed by atoms with Gasteiger partial charge in [0.05, 0.1) is 13.5 Å². The SMILES string of the molecule is COC(=O)CCNC(=O)N1CCNC(C)(C)C1. The largest absolute Gasteiger partial charge is 0.469 e. The molecule has 17 heavy (non-hydrogen) atoms. The molecule has 2 amide bonds. The van der Waals surface area contributed by atoms with Crippen LogP contribution in [0.15, 0.2) is 0 Å². The van der Waals surface area contributed by atoms with E-state index in [1.165, 1.54) is 7.11 Å². The molecule has 1 fully saturated rings. The normalized spacial score (nSPS) is 18.6. The molecule has 0 saturated carbocycles. The summed E-state index contributed by atoms with van der Waals surface area (Å²) in [4.78, 5) is 24.4. The molecule has 0 aliphatic carbocycles. The predicted octanol–water partition coefficient (Wildman–Crippen LogP) is -0.0571. The number of esters is 1. The molecule has 0 aromatic heterocycles. The monoisotopic (exact) mass is 243 g/mol. The van der Waals surface area contributed by atoms with Crippen LogP contribution in [0.4, 0.5) is 4.79 Å². The minimum Gasteiger partial charge on any atom is -0.469 e. The minimum absolute atomic E-state index is 0.0576. The summed E-state index contributed by atoms with van der Waals surface area (Å²) in [6.45, 7) is 6.57. The Morgan fingerprint density at radius 2 is 2.18 bits per heavy atom. The van der Waals surface area contributed by atoms with Crippen LogP contribution < -0.4 is 10.6 Å². The lowest BCUT2D eigenvalue weighted by Crippen LogP contribution is -2.60. The molecule has 0 unspecified atom stereocenters. The van der Waals surface area contributed by atoms with Gasteiger partial charge in [-0.15, -0.1) is 0 Å². The molecule has 0 spiro atoms. The van der Waals surface area contributed by atoms with Gasteiger partial charge in [0.25, 0.3) is 0 Å². The Hall–Kier alpha value is -1.30. The zero-order valence-electron chi connectivity index (χ0n) is 10.7. The van der Waals surface area contributed by atoms with Crippen LogP contribution in [-0.4, -0.2) is 55.7 Å². The third-order valence-corrected chi connectivity index (χ3v) is 2.69. The lowest BCUT2D eigenvalue weighted by molar-refractivity contribution is -0.140. The van der Waals surface area contributed by atoms with Crippen LogP contribution in [0.1, 0.15) is 20.3 Å². The average molecular weight is 243 g/mol. The lowest BCUT2D eigenvalue weighted by Gasteiger charge is -2.39. The molecule has 0 aromatic rings. The van der Waals surface area contributed by atoms with Crippen LogP contribution in [0.5, 0.6) is 0 Å². The maximum atomic E-state index is 11.8. The number of carbonyl (C=O) groups is 2. The molecule has 6 heteroatoms. The summed E-state index contributed by atoms with van der Waals surface area (Å²) in [5.74, 6) is -0.314. The van der Waals surface area contributed by atoms with E-state index in [-0.39, 0.29) is 24.0 Å². The number of hydrogen-bond acceptors (Lipinski definition) is 4. The number of ether oxygens (including phenoxy) is 1. The topological polar surface area (TPSA) is 70.7 Å². The Kier molecular flexibility index (Phi) is 4.74. The predicted molar refractivity (Wildman–Crippen MR) is 63.7 cm³/mol. The van der Waals surface area contributed by atoms with Crippen LogP contribution >= 0.6 is 0 Å². The minimum atomic E-state index is -0.314. The fourth-order valence-corrected chi connectivity index (χ4v) is 1.80. The first-order valence-corrected chi connectivity index (χ1v) is 5.79. The summed E-state index contributed by atoms with van der Waals surface area (Å²) < 4.78 is 4.50. The number of carbonyl (C=O) groups excluding carboxylic acids is 2. The van der Waals surface area contributed by atoms with Gasteiger partial charge in [-0.2, -0.15) is 0 Å². The van der Waals surface area contributed by atoms with Crippen molar-refractivity contribution < 1.29 is 14.3 Å². The molecule has 98 valence electrons. The molecular formula is C11H21N3O3. The van der Waals surface area contributed by atoms with Crippen molar-refractivity contribution in [2.24, 2.45) is 0 Å². The van der Waals surface area contributed by atoms with Gasteiger partial charge in [0, 0.05) is 31.7 Å². The second-order valence-corrected chi connectivity index (χ2v) is 4.79. The summed E-state index contributed by atoms with van der Waals surface area (Å²) in [6.07, 6.45) is 0.206. The van der Waals surface area contributed by atoms with E-state index >= 15 is 0 Å². The molecule has 0 aromatic carbocycles. The Labute approximate surface area is 102 Å². The number of hydrogen-bond donors (Lipinski definition) is 2. The van der Waals surface area contributed by atoms with E-state index < -0.39 is 0 Å². The van der Waals surface area contributed by atoms with Crippen LogP contribution in [0, 0.1) is 0 Å². The molecule has 1 rings (SSSR count). The number of urea groups is 1. The number of piperazine rings is 1. The molecule has 1 heterocycles. The lowest BCUT2D eigenvalue weighted by atomic mass is 10.0. The first-order valence-electron chi connectivity index (χ1n) is 5.79. The van der Waals surface area contributed by atoms with E-state index in [1.807, 2.05) is 0 Å². The first kappa shape index (κ1) is 13.8. The van der Waals surface area contributed by atoms with Crippen LogP contribution in [0.25, 0.3) is 0 Å². The van der Waals surface area contributed by atoms with Crippen molar-refractivity contribution in [2.75, 3.05) is 33.3 Å². The molecule has 2 N–H and O–H groups in total. The zero-order valence-corrected chi connectivity index (χ0v) is 10.7. The highest BCUT2D eigenvalue weighted by Gasteiger charge is 2.28. The quantitative estimate of drug-likeness (QED) is 0.681. The number of nitrogens with one attached hydrogen (secondary N) is 2. The molecule has 0 atom stereocenters. The fourth-order valence-electron chi connectivity index (χ4n) is 1.80. The highest BCUT2D eigenvalue weighted by atomic mass is 16.5. The van der Waals surface area contributed by atoms with Gasteiger partial charge in [0.2, 0.25) is 0 Å². The number of rotatable bonds is 3. The fraction of sp³-hybridized carbons (Fsp3) is 0.818. The van der Waals surface area contributed by atoms with Gasteiger partial charge in [0.1, 0.15) is 0 Å². The van der Waals surface area contributed by atoms with Crippen molar-refractivity contribution in [3.8, 4) is 0 Å². The maximum Gasteiger partial charge on any atom is 0.317 e. The van der Waals surface area contributed by atoms with Gasteiger partial charge in [-0.3, -0.25) is 4.79 Å². The third kappa shape index (κ3) is 4.60. The van der Waals surface area contributed by atoms with Crippen molar-refractivity contribution in [3.63, 3.8) is 0 Å². The van der Waals surface area contributed by atoms with Crippen molar-refractivity contribution in [3.05, 3.63) is 0 Å². The van der Waals surface area contributed by atoms with Crippen molar-refractivity contribution in [1.82, 2.24) is 15.5 Å². The van der Waals surface area contributed by atoms with Gasteiger partial charge in [-0.1, -0.05) is 0 Å². The van der Waals surface area contributed by atoms with E-state index in [0.29, 0.717) is 19.6 Å².